The summed E-state index contributed by atoms with van der Waals surface area (Å²) in [6, 6.07) is 8.59. The molecule has 2 aromatic heterocycles. The molecule has 0 aliphatic heterocycles. The molecule has 144 valence electrons. The topological polar surface area (TPSA) is 93.2 Å². The van der Waals surface area contributed by atoms with Crippen LogP contribution in [0, 0.1) is 0 Å². The van der Waals surface area contributed by atoms with E-state index >= 15 is 0 Å². The van der Waals surface area contributed by atoms with Gasteiger partial charge in [-0.1, -0.05) is 17.7 Å². The number of para-hydroxylation sites is 1. The first-order valence-electron chi connectivity index (χ1n) is 8.31. The average Bonchev–Trinajstić information content (AvgIpc) is 3.12. The van der Waals surface area contributed by atoms with Crippen LogP contribution in [-0.4, -0.2) is 29.0 Å². The number of rotatable bonds is 7. The molecule has 3 rings (SSSR count). The lowest BCUT2D eigenvalue weighted by molar-refractivity contribution is -0.115. The number of amides is 1. The fraction of sp³-hybridized carbons (Fsp3) is 0.158. The zero-order valence-electron chi connectivity index (χ0n) is 14.9. The number of hydrogen-bond acceptors (Lipinski definition) is 7. The van der Waals surface area contributed by atoms with E-state index in [1.165, 1.54) is 18.4 Å². The molecule has 7 nitrogen and oxygen atoms in total. The maximum atomic E-state index is 12.5. The fourth-order valence-corrected chi connectivity index (χ4v) is 3.47. The Morgan fingerprint density at radius 3 is 2.68 bits per heavy atom. The zero-order valence-corrected chi connectivity index (χ0v) is 16.5. The van der Waals surface area contributed by atoms with Crippen molar-refractivity contribution in [2.45, 2.75) is 13.0 Å². The summed E-state index contributed by atoms with van der Waals surface area (Å²) in [5.74, 6) is -0.716. The first kappa shape index (κ1) is 19.8. The third kappa shape index (κ3) is 5.05. The molecule has 0 radical (unpaired) electrons. The molecule has 2 N–H and O–H groups in total. The molecule has 0 saturated carbocycles. The van der Waals surface area contributed by atoms with Crippen LogP contribution in [0.3, 0.4) is 0 Å². The summed E-state index contributed by atoms with van der Waals surface area (Å²) in [7, 11) is 1.31. The van der Waals surface area contributed by atoms with Crippen LogP contribution in [0.15, 0.2) is 48.9 Å². The zero-order chi connectivity index (χ0) is 19.9. The second kappa shape index (κ2) is 9.29. The molecule has 0 aliphatic carbocycles. The van der Waals surface area contributed by atoms with Crippen molar-refractivity contribution in [3.8, 4) is 0 Å². The molecule has 0 fully saturated rings. The monoisotopic (exact) mass is 416 g/mol. The van der Waals surface area contributed by atoms with Gasteiger partial charge in [0.15, 0.2) is 4.47 Å². The molecular weight excluding hydrogens is 400 g/mol. The Kier molecular flexibility index (Phi) is 6.57. The standard InChI is InChI=1S/C19H17ClN4O3S/c1-27-18(26)14-3-2-4-15(17(14)22-10-13-11-23-19(20)28-13)24-16(25)9-12-5-7-21-8-6-12/h2-8,11,22H,9-10H2,1H3,(H,24,25). The Morgan fingerprint density at radius 1 is 1.21 bits per heavy atom. The van der Waals surface area contributed by atoms with Gasteiger partial charge in [0, 0.05) is 23.5 Å². The highest BCUT2D eigenvalue weighted by atomic mass is 35.5. The highest BCUT2D eigenvalue weighted by molar-refractivity contribution is 7.15. The van der Waals surface area contributed by atoms with E-state index in [4.69, 9.17) is 16.3 Å². The maximum absolute atomic E-state index is 12.5. The lowest BCUT2D eigenvalue weighted by atomic mass is 10.1. The maximum Gasteiger partial charge on any atom is 0.340 e. The minimum Gasteiger partial charge on any atom is -0.465 e. The lowest BCUT2D eigenvalue weighted by Gasteiger charge is -2.16. The van der Waals surface area contributed by atoms with E-state index in [9.17, 15) is 9.59 Å². The Balaban J connectivity index is 1.82. The summed E-state index contributed by atoms with van der Waals surface area (Å²) in [5, 5.41) is 6.03. The van der Waals surface area contributed by atoms with Gasteiger partial charge in [-0.2, -0.15) is 0 Å². The fourth-order valence-electron chi connectivity index (χ4n) is 2.55. The van der Waals surface area contributed by atoms with E-state index in [-0.39, 0.29) is 12.3 Å². The second-order valence-corrected chi connectivity index (χ2v) is 7.43. The van der Waals surface area contributed by atoms with Crippen molar-refractivity contribution < 1.29 is 14.3 Å². The van der Waals surface area contributed by atoms with Crippen molar-refractivity contribution in [2.75, 3.05) is 17.7 Å². The van der Waals surface area contributed by atoms with Crippen molar-refractivity contribution in [3.63, 3.8) is 0 Å². The number of carbonyl (C=O) groups is 2. The van der Waals surface area contributed by atoms with Crippen LogP contribution in [-0.2, 0) is 22.5 Å². The normalized spacial score (nSPS) is 10.4. The highest BCUT2D eigenvalue weighted by Gasteiger charge is 2.17. The first-order valence-corrected chi connectivity index (χ1v) is 9.50. The molecule has 0 aliphatic rings. The third-order valence-corrected chi connectivity index (χ3v) is 4.94. The number of esters is 1. The second-order valence-electron chi connectivity index (χ2n) is 5.73. The number of hydrogen-bond donors (Lipinski definition) is 2. The number of methoxy groups -OCH3 is 1. The number of nitrogens with one attached hydrogen (secondary N) is 2. The number of nitrogens with zero attached hydrogens (tertiary/aromatic N) is 2. The van der Waals surface area contributed by atoms with E-state index in [1.807, 2.05) is 0 Å². The summed E-state index contributed by atoms with van der Waals surface area (Å²) >= 11 is 7.20. The molecule has 0 atom stereocenters. The lowest BCUT2D eigenvalue weighted by Crippen LogP contribution is -2.17. The Bertz CT molecular complexity index is 978. The third-order valence-electron chi connectivity index (χ3n) is 3.82. The first-order chi connectivity index (χ1) is 13.6. The van der Waals surface area contributed by atoms with Gasteiger partial charge in [0.25, 0.3) is 0 Å². The van der Waals surface area contributed by atoms with Gasteiger partial charge in [-0.3, -0.25) is 9.78 Å². The smallest absolute Gasteiger partial charge is 0.340 e. The summed E-state index contributed by atoms with van der Waals surface area (Å²) < 4.78 is 5.29. The molecule has 28 heavy (non-hydrogen) atoms. The molecule has 1 amide bonds. The number of anilines is 2. The predicted octanol–water partition coefficient (Wildman–Crippen LogP) is 3.77. The summed E-state index contributed by atoms with van der Waals surface area (Å²) in [5.41, 5.74) is 2.12. The van der Waals surface area contributed by atoms with Crippen LogP contribution >= 0.6 is 22.9 Å². The summed E-state index contributed by atoms with van der Waals surface area (Å²) in [4.78, 5) is 33.5. The molecular formula is C19H17ClN4O3S. The van der Waals surface area contributed by atoms with E-state index in [2.05, 4.69) is 20.6 Å². The molecule has 1 aromatic carbocycles. The minimum absolute atomic E-state index is 0.189. The quantitative estimate of drug-likeness (QED) is 0.569. The van der Waals surface area contributed by atoms with Crippen molar-refractivity contribution in [1.82, 2.24) is 9.97 Å². The number of halogens is 1. The highest BCUT2D eigenvalue weighted by Crippen LogP contribution is 2.29. The molecule has 2 heterocycles. The Morgan fingerprint density at radius 2 is 2.00 bits per heavy atom. The Hall–Kier alpha value is -2.97. The number of carbonyl (C=O) groups excluding carboxylic acids is 2. The largest absolute Gasteiger partial charge is 0.465 e. The minimum atomic E-state index is -0.505. The molecule has 0 spiro atoms. The van der Waals surface area contributed by atoms with Crippen LogP contribution in [0.1, 0.15) is 20.8 Å². The van der Waals surface area contributed by atoms with E-state index < -0.39 is 5.97 Å². The number of thiazole rings is 1. The van der Waals surface area contributed by atoms with Crippen LogP contribution in [0.5, 0.6) is 0 Å². The van der Waals surface area contributed by atoms with Crippen molar-refractivity contribution in [2.24, 2.45) is 0 Å². The number of benzene rings is 1. The van der Waals surface area contributed by atoms with Gasteiger partial charge >= 0.3 is 5.97 Å². The SMILES string of the molecule is COC(=O)c1cccc(NC(=O)Cc2ccncc2)c1NCc1cnc(Cl)s1. The number of pyridine rings is 1. The van der Waals surface area contributed by atoms with Gasteiger partial charge in [0.1, 0.15) is 0 Å². The molecule has 0 saturated heterocycles. The van der Waals surface area contributed by atoms with Gasteiger partial charge in [0.2, 0.25) is 5.91 Å². The van der Waals surface area contributed by atoms with Gasteiger partial charge in [0.05, 0.1) is 37.0 Å². The van der Waals surface area contributed by atoms with E-state index in [1.54, 1.807) is 48.9 Å². The summed E-state index contributed by atoms with van der Waals surface area (Å²) in [6.45, 7) is 0.394. The average molecular weight is 417 g/mol. The number of ether oxygens (including phenoxy) is 1. The van der Waals surface area contributed by atoms with Gasteiger partial charge in [-0.05, 0) is 29.8 Å². The van der Waals surface area contributed by atoms with E-state index in [0.717, 1.165) is 10.4 Å². The molecule has 0 bridgehead atoms. The predicted molar refractivity (Wildman–Crippen MR) is 109 cm³/mol. The van der Waals surface area contributed by atoms with Crippen molar-refractivity contribution in [3.05, 3.63) is 69.4 Å². The van der Waals surface area contributed by atoms with Gasteiger partial charge in [-0.25, -0.2) is 9.78 Å². The van der Waals surface area contributed by atoms with Gasteiger partial charge in [-0.15, -0.1) is 11.3 Å². The van der Waals surface area contributed by atoms with Crippen LogP contribution in [0.2, 0.25) is 4.47 Å². The van der Waals surface area contributed by atoms with E-state index in [0.29, 0.717) is 27.9 Å². The molecule has 9 heteroatoms. The van der Waals surface area contributed by atoms with Crippen LogP contribution in [0.4, 0.5) is 11.4 Å². The van der Waals surface area contributed by atoms with Crippen LogP contribution in [0.25, 0.3) is 0 Å². The molecule has 3 aromatic rings. The van der Waals surface area contributed by atoms with Gasteiger partial charge < -0.3 is 15.4 Å². The summed E-state index contributed by atoms with van der Waals surface area (Å²) in [6.07, 6.45) is 5.11. The number of aromatic nitrogens is 2. The van der Waals surface area contributed by atoms with Crippen LogP contribution < -0.4 is 10.6 Å². The van der Waals surface area contributed by atoms with Crippen molar-refractivity contribution in [1.29, 1.82) is 0 Å². The molecule has 0 unspecified atom stereocenters. The van der Waals surface area contributed by atoms with Crippen molar-refractivity contribution >= 4 is 46.2 Å². The Labute approximate surface area is 170 Å².